The summed E-state index contributed by atoms with van der Waals surface area (Å²) < 4.78 is 11.7. The highest BCUT2D eigenvalue weighted by Crippen LogP contribution is 2.19. The van der Waals surface area contributed by atoms with Gasteiger partial charge in [0.1, 0.15) is 12.2 Å². The number of fused-ring (bicyclic) bond motifs is 1. The number of carbonyl (C=O) groups excluding carboxylic acids is 2. The first kappa shape index (κ1) is 16.4. The highest BCUT2D eigenvalue weighted by atomic mass is 32.1. The molecule has 0 aliphatic heterocycles. The van der Waals surface area contributed by atoms with Gasteiger partial charge in [-0.3, -0.25) is 4.79 Å². The normalized spacial score (nSPS) is 11.5. The van der Waals surface area contributed by atoms with E-state index < -0.39 is 17.7 Å². The van der Waals surface area contributed by atoms with Gasteiger partial charge in [0.2, 0.25) is 0 Å². The van der Waals surface area contributed by atoms with Crippen LogP contribution < -0.4 is 0 Å². The molecule has 22 heavy (non-hydrogen) atoms. The van der Waals surface area contributed by atoms with Crippen molar-refractivity contribution in [2.45, 2.75) is 33.0 Å². The van der Waals surface area contributed by atoms with Crippen molar-refractivity contribution < 1.29 is 19.1 Å². The lowest BCUT2D eigenvalue weighted by molar-refractivity contribution is -0.141. The van der Waals surface area contributed by atoms with Crippen molar-refractivity contribution in [2.75, 3.05) is 5.75 Å². The van der Waals surface area contributed by atoms with E-state index in [2.05, 4.69) is 17.6 Å². The van der Waals surface area contributed by atoms with Gasteiger partial charge in [0.15, 0.2) is 5.82 Å². The maximum absolute atomic E-state index is 12.4. The van der Waals surface area contributed by atoms with Crippen LogP contribution in [0.25, 0.3) is 11.0 Å². The maximum atomic E-state index is 12.4. The smallest absolute Gasteiger partial charge is 0.420 e. The minimum atomic E-state index is -0.637. The third-order valence-corrected chi connectivity index (χ3v) is 2.96. The summed E-state index contributed by atoms with van der Waals surface area (Å²) in [7, 11) is 0. The molecule has 6 nitrogen and oxygen atoms in total. The number of nitrogens with zero attached hydrogens (tertiary/aromatic N) is 2. The van der Waals surface area contributed by atoms with Gasteiger partial charge in [-0.05, 0) is 32.9 Å². The van der Waals surface area contributed by atoms with Gasteiger partial charge in [0.05, 0.1) is 16.8 Å². The van der Waals surface area contributed by atoms with Crippen LogP contribution in [0.4, 0.5) is 4.79 Å². The number of hydrogen-bond donors (Lipinski definition) is 1. The van der Waals surface area contributed by atoms with Crippen LogP contribution in [0.15, 0.2) is 24.3 Å². The van der Waals surface area contributed by atoms with E-state index in [1.54, 1.807) is 39.0 Å². The molecule has 2 rings (SSSR count). The van der Waals surface area contributed by atoms with Crippen LogP contribution >= 0.6 is 12.6 Å². The van der Waals surface area contributed by atoms with E-state index in [0.29, 0.717) is 16.9 Å². The summed E-state index contributed by atoms with van der Waals surface area (Å²) in [5, 5.41) is 0. The third-order valence-electron chi connectivity index (χ3n) is 2.70. The average Bonchev–Trinajstić information content (AvgIpc) is 2.81. The molecule has 0 radical (unpaired) electrons. The van der Waals surface area contributed by atoms with E-state index in [4.69, 9.17) is 9.47 Å². The number of aromatic nitrogens is 2. The highest BCUT2D eigenvalue weighted by Gasteiger charge is 2.23. The summed E-state index contributed by atoms with van der Waals surface area (Å²) >= 11 is 3.84. The predicted molar refractivity (Wildman–Crippen MR) is 85.0 cm³/mol. The van der Waals surface area contributed by atoms with E-state index in [1.165, 1.54) is 4.57 Å². The SMILES string of the molecule is CC(C)(C)OC(=O)n1c(COC(=O)CS)nc2ccccc21. The summed E-state index contributed by atoms with van der Waals surface area (Å²) in [5.74, 6) is -0.205. The van der Waals surface area contributed by atoms with E-state index >= 15 is 0 Å². The van der Waals surface area contributed by atoms with Crippen molar-refractivity contribution in [3.8, 4) is 0 Å². The molecule has 0 amide bonds. The molecule has 0 saturated carbocycles. The fourth-order valence-corrected chi connectivity index (χ4v) is 1.97. The Labute approximate surface area is 133 Å². The standard InChI is InChI=1S/C15H18N2O4S/c1-15(2,3)21-14(19)17-11-7-5-4-6-10(11)16-12(17)8-20-13(18)9-22/h4-7,22H,8-9H2,1-3H3. The molecule has 0 aliphatic carbocycles. The van der Waals surface area contributed by atoms with Crippen LogP contribution in [0.3, 0.4) is 0 Å². The topological polar surface area (TPSA) is 70.4 Å². The molecular weight excluding hydrogens is 304 g/mol. The molecule has 0 bridgehead atoms. The molecule has 1 aromatic carbocycles. The van der Waals surface area contributed by atoms with Crippen molar-refractivity contribution in [1.82, 2.24) is 9.55 Å². The number of benzene rings is 1. The Bertz CT molecular complexity index is 703. The largest absolute Gasteiger partial charge is 0.457 e. The molecule has 1 heterocycles. The summed E-state index contributed by atoms with van der Waals surface area (Å²) in [6, 6.07) is 7.16. The summed E-state index contributed by atoms with van der Waals surface area (Å²) in [5.41, 5.74) is 0.598. The van der Waals surface area contributed by atoms with E-state index in [0.717, 1.165) is 0 Å². The number of para-hydroxylation sites is 2. The first-order chi connectivity index (χ1) is 10.3. The van der Waals surface area contributed by atoms with Crippen molar-refractivity contribution in [2.24, 2.45) is 0 Å². The van der Waals surface area contributed by atoms with Gasteiger partial charge < -0.3 is 9.47 Å². The molecule has 0 unspecified atom stereocenters. The van der Waals surface area contributed by atoms with Crippen molar-refractivity contribution in [3.05, 3.63) is 30.1 Å². The number of imidazole rings is 1. The lowest BCUT2D eigenvalue weighted by Gasteiger charge is -2.20. The maximum Gasteiger partial charge on any atom is 0.420 e. The number of hydrogen-bond acceptors (Lipinski definition) is 6. The van der Waals surface area contributed by atoms with E-state index in [9.17, 15) is 9.59 Å². The van der Waals surface area contributed by atoms with Gasteiger partial charge in [-0.2, -0.15) is 12.6 Å². The van der Waals surface area contributed by atoms with Crippen LogP contribution in [-0.2, 0) is 20.9 Å². The molecular formula is C15H18N2O4S. The molecule has 2 aromatic rings. The van der Waals surface area contributed by atoms with Gasteiger partial charge in [0, 0.05) is 0 Å². The van der Waals surface area contributed by atoms with Gasteiger partial charge in [0.25, 0.3) is 0 Å². The Morgan fingerprint density at radius 2 is 1.95 bits per heavy atom. The highest BCUT2D eigenvalue weighted by molar-refractivity contribution is 7.81. The molecule has 0 N–H and O–H groups in total. The quantitative estimate of drug-likeness (QED) is 0.695. The van der Waals surface area contributed by atoms with Crippen molar-refractivity contribution in [1.29, 1.82) is 0 Å². The Hall–Kier alpha value is -2.02. The zero-order chi connectivity index (χ0) is 16.3. The lowest BCUT2D eigenvalue weighted by atomic mass is 10.2. The molecule has 7 heteroatoms. The fraction of sp³-hybridized carbons (Fsp3) is 0.400. The van der Waals surface area contributed by atoms with Crippen molar-refractivity contribution in [3.63, 3.8) is 0 Å². The van der Waals surface area contributed by atoms with Gasteiger partial charge in [-0.1, -0.05) is 12.1 Å². The van der Waals surface area contributed by atoms with E-state index in [-0.39, 0.29) is 12.4 Å². The second kappa shape index (κ2) is 6.39. The summed E-state index contributed by atoms with van der Waals surface area (Å²) in [6.45, 7) is 5.23. The molecule has 118 valence electrons. The van der Waals surface area contributed by atoms with Gasteiger partial charge in [-0.25, -0.2) is 14.3 Å². The van der Waals surface area contributed by atoms with Gasteiger partial charge >= 0.3 is 12.1 Å². The van der Waals surface area contributed by atoms with Gasteiger partial charge in [-0.15, -0.1) is 0 Å². The Morgan fingerprint density at radius 1 is 1.27 bits per heavy atom. The zero-order valence-corrected chi connectivity index (χ0v) is 13.6. The monoisotopic (exact) mass is 322 g/mol. The van der Waals surface area contributed by atoms with Crippen LogP contribution in [0.1, 0.15) is 26.6 Å². The Morgan fingerprint density at radius 3 is 2.59 bits per heavy atom. The molecule has 1 aromatic heterocycles. The molecule has 0 saturated heterocycles. The first-order valence-corrected chi connectivity index (χ1v) is 7.41. The fourth-order valence-electron chi connectivity index (χ4n) is 1.87. The second-order valence-electron chi connectivity index (χ2n) is 5.65. The predicted octanol–water partition coefficient (Wildman–Crippen LogP) is 2.79. The first-order valence-electron chi connectivity index (χ1n) is 6.78. The van der Waals surface area contributed by atoms with Crippen LogP contribution in [0.2, 0.25) is 0 Å². The minimum absolute atomic E-state index is 0.0351. The zero-order valence-electron chi connectivity index (χ0n) is 12.7. The van der Waals surface area contributed by atoms with Crippen LogP contribution in [-0.4, -0.2) is 33.0 Å². The van der Waals surface area contributed by atoms with Crippen molar-refractivity contribution >= 4 is 35.7 Å². The number of thiol groups is 1. The third kappa shape index (κ3) is 3.79. The van der Waals surface area contributed by atoms with Crippen LogP contribution in [0, 0.1) is 0 Å². The lowest BCUT2D eigenvalue weighted by Crippen LogP contribution is -2.28. The van der Waals surface area contributed by atoms with Crippen LogP contribution in [0.5, 0.6) is 0 Å². The Kier molecular flexibility index (Phi) is 4.75. The Balaban J connectivity index is 2.40. The molecule has 0 spiro atoms. The molecule has 0 atom stereocenters. The minimum Gasteiger partial charge on any atom is -0.457 e. The average molecular weight is 322 g/mol. The second-order valence-corrected chi connectivity index (χ2v) is 5.97. The summed E-state index contributed by atoms with van der Waals surface area (Å²) in [4.78, 5) is 28.0. The number of carbonyl (C=O) groups is 2. The number of rotatable bonds is 3. The molecule has 0 fully saturated rings. The van der Waals surface area contributed by atoms with E-state index in [1.807, 2.05) is 6.07 Å². The summed E-state index contributed by atoms with van der Waals surface area (Å²) in [6.07, 6.45) is -0.557. The molecule has 0 aliphatic rings. The number of ether oxygens (including phenoxy) is 2. The number of esters is 1.